The first kappa shape index (κ1) is 14.5. The molecule has 108 valence electrons. The van der Waals surface area contributed by atoms with Crippen LogP contribution in [0.4, 0.5) is 0 Å². The van der Waals surface area contributed by atoms with E-state index < -0.39 is 12.0 Å². The van der Waals surface area contributed by atoms with Crippen LogP contribution >= 0.6 is 0 Å². The van der Waals surface area contributed by atoms with Crippen molar-refractivity contribution in [3.8, 4) is 0 Å². The minimum Gasteiger partial charge on any atom is -0.480 e. The normalized spacial score (nSPS) is 18.9. The van der Waals surface area contributed by atoms with Gasteiger partial charge in [-0.05, 0) is 24.5 Å². The average molecular weight is 276 g/mol. The fourth-order valence-electron chi connectivity index (χ4n) is 2.50. The van der Waals surface area contributed by atoms with E-state index in [2.05, 4.69) is 5.32 Å². The molecule has 1 aliphatic heterocycles. The summed E-state index contributed by atoms with van der Waals surface area (Å²) < 4.78 is 0. The maximum atomic E-state index is 12.2. The van der Waals surface area contributed by atoms with Crippen molar-refractivity contribution in [1.29, 1.82) is 0 Å². The minimum atomic E-state index is -0.943. The Morgan fingerprint density at radius 3 is 2.85 bits per heavy atom. The van der Waals surface area contributed by atoms with Crippen LogP contribution in [-0.2, 0) is 16.0 Å². The molecule has 1 saturated heterocycles. The van der Waals surface area contributed by atoms with Crippen LogP contribution in [0.3, 0.4) is 0 Å². The van der Waals surface area contributed by atoms with E-state index in [9.17, 15) is 9.59 Å². The molecule has 1 aromatic rings. The number of nitrogens with one attached hydrogen (secondary N) is 1. The van der Waals surface area contributed by atoms with Crippen LogP contribution in [-0.4, -0.2) is 47.6 Å². The molecule has 0 aliphatic carbocycles. The second-order valence-electron chi connectivity index (χ2n) is 5.07. The van der Waals surface area contributed by atoms with Crippen LogP contribution in [0.1, 0.15) is 17.5 Å². The van der Waals surface area contributed by atoms with Gasteiger partial charge >= 0.3 is 5.97 Å². The lowest BCUT2D eigenvalue weighted by Crippen LogP contribution is -2.57. The van der Waals surface area contributed by atoms with Crippen molar-refractivity contribution in [2.24, 2.45) is 0 Å². The molecule has 2 N–H and O–H groups in total. The fraction of sp³-hybridized carbons (Fsp3) is 0.467. The number of carboxylic acid groups (broad SMARTS) is 1. The molecule has 5 nitrogen and oxygen atoms in total. The van der Waals surface area contributed by atoms with Gasteiger partial charge in [0.1, 0.15) is 6.04 Å². The maximum Gasteiger partial charge on any atom is 0.327 e. The fourth-order valence-corrected chi connectivity index (χ4v) is 2.50. The van der Waals surface area contributed by atoms with E-state index in [-0.39, 0.29) is 5.91 Å². The number of hydrogen-bond donors (Lipinski definition) is 2. The predicted octanol–water partition coefficient (Wildman–Crippen LogP) is 0.813. The van der Waals surface area contributed by atoms with Gasteiger partial charge < -0.3 is 15.3 Å². The number of aryl methyl sites for hydroxylation is 2. The summed E-state index contributed by atoms with van der Waals surface area (Å²) in [6.07, 6.45) is 1.01. The van der Waals surface area contributed by atoms with Gasteiger partial charge in [0, 0.05) is 26.1 Å². The van der Waals surface area contributed by atoms with Crippen molar-refractivity contribution in [3.05, 3.63) is 35.4 Å². The summed E-state index contributed by atoms with van der Waals surface area (Å²) in [6, 6.07) is 7.21. The lowest BCUT2D eigenvalue weighted by atomic mass is 10.0. The third-order valence-corrected chi connectivity index (χ3v) is 3.72. The van der Waals surface area contributed by atoms with Gasteiger partial charge in [0.25, 0.3) is 0 Å². The summed E-state index contributed by atoms with van der Waals surface area (Å²) in [6.45, 7) is 3.46. The highest BCUT2D eigenvalue weighted by Crippen LogP contribution is 2.12. The number of hydrogen-bond acceptors (Lipinski definition) is 3. The van der Waals surface area contributed by atoms with Crippen molar-refractivity contribution in [2.45, 2.75) is 25.8 Å². The molecule has 0 spiro atoms. The number of aliphatic carboxylic acids is 1. The van der Waals surface area contributed by atoms with Gasteiger partial charge in [-0.3, -0.25) is 4.79 Å². The lowest BCUT2D eigenvalue weighted by Gasteiger charge is -2.33. The molecule has 1 atom stereocenters. The third kappa shape index (κ3) is 3.36. The number of rotatable bonds is 4. The molecule has 5 heteroatoms. The van der Waals surface area contributed by atoms with Crippen molar-refractivity contribution >= 4 is 11.9 Å². The summed E-state index contributed by atoms with van der Waals surface area (Å²) in [7, 11) is 0. The van der Waals surface area contributed by atoms with E-state index in [1.807, 2.05) is 31.2 Å². The Kier molecular flexibility index (Phi) is 4.74. The maximum absolute atomic E-state index is 12.2. The van der Waals surface area contributed by atoms with Gasteiger partial charge in [0.2, 0.25) is 5.91 Å². The van der Waals surface area contributed by atoms with Crippen molar-refractivity contribution in [2.75, 3.05) is 19.6 Å². The van der Waals surface area contributed by atoms with E-state index in [0.29, 0.717) is 32.5 Å². The summed E-state index contributed by atoms with van der Waals surface area (Å²) >= 11 is 0. The van der Waals surface area contributed by atoms with Crippen molar-refractivity contribution < 1.29 is 14.7 Å². The Balaban J connectivity index is 1.97. The van der Waals surface area contributed by atoms with E-state index in [1.165, 1.54) is 4.90 Å². The van der Waals surface area contributed by atoms with Gasteiger partial charge in [0.15, 0.2) is 0 Å². The Morgan fingerprint density at radius 1 is 1.40 bits per heavy atom. The lowest BCUT2D eigenvalue weighted by molar-refractivity contribution is -0.151. The molecule has 1 aliphatic rings. The number of piperazine rings is 1. The highest BCUT2D eigenvalue weighted by molar-refractivity contribution is 5.84. The van der Waals surface area contributed by atoms with Crippen molar-refractivity contribution in [1.82, 2.24) is 10.2 Å². The van der Waals surface area contributed by atoms with Gasteiger partial charge in [-0.1, -0.05) is 24.3 Å². The largest absolute Gasteiger partial charge is 0.480 e. The molecule has 0 aromatic heterocycles. The van der Waals surface area contributed by atoms with Crippen LogP contribution in [0.5, 0.6) is 0 Å². The Hall–Kier alpha value is -1.88. The second-order valence-corrected chi connectivity index (χ2v) is 5.07. The standard InChI is InChI=1S/C15H20N2O3/c1-11-4-2-3-5-12(11)6-7-14(18)17-9-8-16-10-13(17)15(19)20/h2-5,13,16H,6-10H2,1H3,(H,19,20). The number of amides is 1. The molecular formula is C15H20N2O3. The summed E-state index contributed by atoms with van der Waals surface area (Å²) in [4.78, 5) is 24.9. The summed E-state index contributed by atoms with van der Waals surface area (Å²) in [5, 5.41) is 12.2. The Bertz CT molecular complexity index is 502. The van der Waals surface area contributed by atoms with Gasteiger partial charge in [-0.2, -0.15) is 0 Å². The number of carbonyl (C=O) groups excluding carboxylic acids is 1. The van der Waals surface area contributed by atoms with Crippen LogP contribution in [0.2, 0.25) is 0 Å². The third-order valence-electron chi connectivity index (χ3n) is 3.72. The zero-order valence-electron chi connectivity index (χ0n) is 11.6. The van der Waals surface area contributed by atoms with Gasteiger partial charge in [-0.25, -0.2) is 4.79 Å². The number of nitrogens with zero attached hydrogens (tertiary/aromatic N) is 1. The average Bonchev–Trinajstić information content (AvgIpc) is 2.46. The van der Waals surface area contributed by atoms with Crippen LogP contribution in [0, 0.1) is 6.92 Å². The highest BCUT2D eigenvalue weighted by atomic mass is 16.4. The predicted molar refractivity (Wildman–Crippen MR) is 75.5 cm³/mol. The van der Waals surface area contributed by atoms with E-state index in [4.69, 9.17) is 5.11 Å². The quantitative estimate of drug-likeness (QED) is 0.854. The number of benzene rings is 1. The SMILES string of the molecule is Cc1ccccc1CCC(=O)N1CCNCC1C(=O)O. The highest BCUT2D eigenvalue weighted by Gasteiger charge is 2.31. The van der Waals surface area contributed by atoms with E-state index >= 15 is 0 Å². The molecule has 0 saturated carbocycles. The first-order chi connectivity index (χ1) is 9.59. The number of carboxylic acids is 1. The van der Waals surface area contributed by atoms with E-state index in [1.54, 1.807) is 0 Å². The second kappa shape index (κ2) is 6.52. The molecule has 0 bridgehead atoms. The molecule has 0 radical (unpaired) electrons. The van der Waals surface area contributed by atoms with Crippen molar-refractivity contribution in [3.63, 3.8) is 0 Å². The minimum absolute atomic E-state index is 0.0813. The Morgan fingerprint density at radius 2 is 2.15 bits per heavy atom. The molecule has 1 unspecified atom stereocenters. The zero-order valence-corrected chi connectivity index (χ0v) is 11.6. The number of carbonyl (C=O) groups is 2. The van der Waals surface area contributed by atoms with Crippen LogP contribution in [0.15, 0.2) is 24.3 Å². The first-order valence-corrected chi connectivity index (χ1v) is 6.87. The molecule has 2 rings (SSSR count). The summed E-state index contributed by atoms with van der Waals surface area (Å²) in [5.74, 6) is -1.02. The molecule has 1 heterocycles. The molecule has 20 heavy (non-hydrogen) atoms. The van der Waals surface area contributed by atoms with E-state index in [0.717, 1.165) is 11.1 Å². The zero-order chi connectivity index (χ0) is 14.5. The molecule has 1 fully saturated rings. The summed E-state index contributed by atoms with van der Waals surface area (Å²) in [5.41, 5.74) is 2.30. The van der Waals surface area contributed by atoms with Crippen LogP contribution in [0.25, 0.3) is 0 Å². The first-order valence-electron chi connectivity index (χ1n) is 6.87. The van der Waals surface area contributed by atoms with Crippen LogP contribution < -0.4 is 5.32 Å². The monoisotopic (exact) mass is 276 g/mol. The Labute approximate surface area is 118 Å². The molecule has 1 amide bonds. The topological polar surface area (TPSA) is 69.6 Å². The molecule has 1 aromatic carbocycles. The smallest absolute Gasteiger partial charge is 0.327 e. The van der Waals surface area contributed by atoms with Gasteiger partial charge in [-0.15, -0.1) is 0 Å². The van der Waals surface area contributed by atoms with Gasteiger partial charge in [0.05, 0.1) is 0 Å². The molecular weight excluding hydrogens is 256 g/mol.